The highest BCUT2D eigenvalue weighted by molar-refractivity contribution is 5.63. The Balaban J connectivity index is 2.77. The van der Waals surface area contributed by atoms with Gasteiger partial charge in [0.2, 0.25) is 0 Å². The van der Waals surface area contributed by atoms with E-state index in [2.05, 4.69) is 6.58 Å². The Bertz CT molecular complexity index is 202. The summed E-state index contributed by atoms with van der Waals surface area (Å²) in [6, 6.07) is 0. The second kappa shape index (κ2) is 2.81. The summed E-state index contributed by atoms with van der Waals surface area (Å²) in [6.45, 7) is 9.57. The summed E-state index contributed by atoms with van der Waals surface area (Å²) in [6.07, 6.45) is 0.473. The van der Waals surface area contributed by atoms with E-state index >= 15 is 0 Å². The van der Waals surface area contributed by atoms with E-state index in [4.69, 9.17) is 9.47 Å². The van der Waals surface area contributed by atoms with E-state index in [0.29, 0.717) is 0 Å². The van der Waals surface area contributed by atoms with Crippen LogP contribution < -0.4 is 0 Å². The van der Waals surface area contributed by atoms with E-state index in [-0.39, 0.29) is 17.6 Å². The maximum atomic E-state index is 10.8. The third-order valence-corrected chi connectivity index (χ3v) is 1.84. The number of cyclic esters (lactones) is 2. The Hall–Kier alpha value is -0.990. The predicted molar refractivity (Wildman–Crippen MR) is 44.8 cm³/mol. The molecule has 1 rings (SSSR count). The first kappa shape index (κ1) is 9.10. The molecule has 0 saturated carbocycles. The highest BCUT2D eigenvalue weighted by atomic mass is 16.8. The van der Waals surface area contributed by atoms with Gasteiger partial charge in [-0.15, -0.1) is 0 Å². The topological polar surface area (TPSA) is 35.5 Å². The summed E-state index contributed by atoms with van der Waals surface area (Å²) < 4.78 is 9.87. The Kier molecular flexibility index (Phi) is 2.13. The molecule has 1 saturated heterocycles. The summed E-state index contributed by atoms with van der Waals surface area (Å²) in [4.78, 5) is 10.8. The smallest absolute Gasteiger partial charge is 0.426 e. The molecule has 0 spiro atoms. The van der Waals surface area contributed by atoms with E-state index in [1.807, 2.05) is 20.8 Å². The van der Waals surface area contributed by atoms with E-state index in [0.717, 1.165) is 0 Å². The van der Waals surface area contributed by atoms with Gasteiger partial charge >= 0.3 is 6.16 Å². The molecule has 1 aliphatic heterocycles. The van der Waals surface area contributed by atoms with Crippen molar-refractivity contribution in [3.8, 4) is 0 Å². The summed E-state index contributed by atoms with van der Waals surface area (Å²) in [5.74, 6) is 0. The molecule has 0 aromatic heterocycles. The molecular weight excluding hydrogens is 156 g/mol. The number of carbonyl (C=O) groups excluding carboxylic acids is 1. The van der Waals surface area contributed by atoms with Gasteiger partial charge in [0, 0.05) is 5.41 Å². The molecule has 2 atom stereocenters. The van der Waals surface area contributed by atoms with Crippen molar-refractivity contribution in [3.63, 3.8) is 0 Å². The lowest BCUT2D eigenvalue weighted by molar-refractivity contribution is 0.0627. The zero-order chi connectivity index (χ0) is 9.35. The SMILES string of the molecule is C=C[C@@H]1OC(=O)O[C@@H]1C(C)(C)C. The van der Waals surface area contributed by atoms with Crippen LogP contribution in [0.25, 0.3) is 0 Å². The van der Waals surface area contributed by atoms with Gasteiger partial charge in [-0.05, 0) is 6.08 Å². The molecule has 0 aliphatic carbocycles. The lowest BCUT2D eigenvalue weighted by Crippen LogP contribution is -2.34. The molecular formula is C9H14O3. The minimum absolute atomic E-state index is 0.106. The van der Waals surface area contributed by atoms with Crippen LogP contribution in [0, 0.1) is 5.41 Å². The summed E-state index contributed by atoms with van der Waals surface area (Å²) in [7, 11) is 0. The molecule has 0 bridgehead atoms. The lowest BCUT2D eigenvalue weighted by Gasteiger charge is -2.26. The van der Waals surface area contributed by atoms with E-state index in [1.165, 1.54) is 0 Å². The molecule has 12 heavy (non-hydrogen) atoms. The second-order valence-electron chi connectivity index (χ2n) is 3.97. The molecule has 1 fully saturated rings. The van der Waals surface area contributed by atoms with Crippen LogP contribution in [0.3, 0.4) is 0 Å². The summed E-state index contributed by atoms with van der Waals surface area (Å²) >= 11 is 0. The molecule has 0 unspecified atom stereocenters. The maximum Gasteiger partial charge on any atom is 0.509 e. The fourth-order valence-electron chi connectivity index (χ4n) is 1.21. The van der Waals surface area contributed by atoms with Crippen molar-refractivity contribution in [1.82, 2.24) is 0 Å². The zero-order valence-electron chi connectivity index (χ0n) is 7.66. The van der Waals surface area contributed by atoms with Crippen molar-refractivity contribution in [2.45, 2.75) is 33.0 Å². The van der Waals surface area contributed by atoms with Crippen LogP contribution >= 0.6 is 0 Å². The Labute approximate surface area is 72.4 Å². The molecule has 0 radical (unpaired) electrons. The fourth-order valence-corrected chi connectivity index (χ4v) is 1.21. The van der Waals surface area contributed by atoms with Crippen molar-refractivity contribution >= 4 is 6.16 Å². The first-order chi connectivity index (χ1) is 5.45. The average Bonchev–Trinajstić information content (AvgIpc) is 2.29. The normalized spacial score (nSPS) is 29.4. The molecule has 0 N–H and O–H groups in total. The second-order valence-corrected chi connectivity index (χ2v) is 3.97. The third kappa shape index (κ3) is 1.60. The van der Waals surface area contributed by atoms with E-state index < -0.39 is 6.16 Å². The number of rotatable bonds is 1. The van der Waals surface area contributed by atoms with Gasteiger partial charge in [0.15, 0.2) is 12.2 Å². The van der Waals surface area contributed by atoms with Crippen LogP contribution in [0.5, 0.6) is 0 Å². The number of carbonyl (C=O) groups is 1. The quantitative estimate of drug-likeness (QED) is 0.446. The Morgan fingerprint density at radius 2 is 2.00 bits per heavy atom. The van der Waals surface area contributed by atoms with Gasteiger partial charge in [-0.3, -0.25) is 0 Å². The van der Waals surface area contributed by atoms with Gasteiger partial charge in [-0.1, -0.05) is 27.4 Å². The van der Waals surface area contributed by atoms with Crippen molar-refractivity contribution in [3.05, 3.63) is 12.7 Å². The first-order valence-corrected chi connectivity index (χ1v) is 3.95. The molecule has 0 aromatic rings. The van der Waals surface area contributed by atoms with Gasteiger partial charge in [0.1, 0.15) is 0 Å². The molecule has 1 aliphatic rings. The first-order valence-electron chi connectivity index (χ1n) is 3.95. The molecule has 0 amide bonds. The molecule has 0 aromatic carbocycles. The van der Waals surface area contributed by atoms with Crippen LogP contribution in [-0.2, 0) is 9.47 Å². The summed E-state index contributed by atoms with van der Waals surface area (Å²) in [5, 5.41) is 0. The van der Waals surface area contributed by atoms with Crippen molar-refractivity contribution in [2.24, 2.45) is 5.41 Å². The van der Waals surface area contributed by atoms with Gasteiger partial charge in [0.05, 0.1) is 0 Å². The third-order valence-electron chi connectivity index (χ3n) is 1.84. The van der Waals surface area contributed by atoms with Crippen LogP contribution in [0.15, 0.2) is 12.7 Å². The summed E-state index contributed by atoms with van der Waals surface area (Å²) in [5.41, 5.74) is -0.106. The largest absolute Gasteiger partial charge is 0.509 e. The highest BCUT2D eigenvalue weighted by Crippen LogP contribution is 2.31. The standard InChI is InChI=1S/C9H14O3/c1-5-6-7(9(2,3)4)12-8(10)11-6/h5-7H,1H2,2-4H3/t6-,7-/m0/s1. The Morgan fingerprint density at radius 3 is 2.33 bits per heavy atom. The predicted octanol–water partition coefficient (Wildman–Crippen LogP) is 2.12. The molecule has 68 valence electrons. The van der Waals surface area contributed by atoms with Crippen LogP contribution in [0.2, 0.25) is 0 Å². The number of hydrogen-bond donors (Lipinski definition) is 0. The van der Waals surface area contributed by atoms with Crippen molar-refractivity contribution < 1.29 is 14.3 Å². The minimum atomic E-state index is -0.597. The van der Waals surface area contributed by atoms with Crippen molar-refractivity contribution in [1.29, 1.82) is 0 Å². The van der Waals surface area contributed by atoms with Crippen molar-refractivity contribution in [2.75, 3.05) is 0 Å². The molecule has 3 nitrogen and oxygen atoms in total. The van der Waals surface area contributed by atoms with Crippen LogP contribution in [-0.4, -0.2) is 18.4 Å². The van der Waals surface area contributed by atoms with Gasteiger partial charge < -0.3 is 9.47 Å². The fraction of sp³-hybridized carbons (Fsp3) is 0.667. The van der Waals surface area contributed by atoms with Crippen LogP contribution in [0.1, 0.15) is 20.8 Å². The molecule has 3 heteroatoms. The van der Waals surface area contributed by atoms with Gasteiger partial charge in [-0.25, -0.2) is 4.79 Å². The minimum Gasteiger partial charge on any atom is -0.426 e. The zero-order valence-corrected chi connectivity index (χ0v) is 7.66. The number of ether oxygens (including phenoxy) is 2. The molecule has 1 heterocycles. The van der Waals surface area contributed by atoms with E-state index in [9.17, 15) is 4.79 Å². The van der Waals surface area contributed by atoms with Crippen LogP contribution in [0.4, 0.5) is 4.79 Å². The monoisotopic (exact) mass is 170 g/mol. The average molecular weight is 170 g/mol. The lowest BCUT2D eigenvalue weighted by atomic mass is 9.86. The Morgan fingerprint density at radius 1 is 1.42 bits per heavy atom. The van der Waals surface area contributed by atoms with Gasteiger partial charge in [-0.2, -0.15) is 0 Å². The maximum absolute atomic E-state index is 10.8. The highest BCUT2D eigenvalue weighted by Gasteiger charge is 2.42. The van der Waals surface area contributed by atoms with Gasteiger partial charge in [0.25, 0.3) is 0 Å². The van der Waals surface area contributed by atoms with E-state index in [1.54, 1.807) is 6.08 Å². The number of hydrogen-bond acceptors (Lipinski definition) is 3.